The number of urea groups is 1. The van der Waals surface area contributed by atoms with Crippen LogP contribution in [0.5, 0.6) is 5.75 Å². The van der Waals surface area contributed by atoms with Crippen molar-refractivity contribution in [2.75, 3.05) is 31.1 Å². The Morgan fingerprint density at radius 3 is 2.46 bits per heavy atom. The first-order valence-electron chi connectivity index (χ1n) is 8.43. The smallest absolute Gasteiger partial charge is 0.321 e. The van der Waals surface area contributed by atoms with Crippen molar-refractivity contribution in [3.63, 3.8) is 0 Å². The zero-order chi connectivity index (χ0) is 17.1. The molecule has 2 fully saturated rings. The summed E-state index contributed by atoms with van der Waals surface area (Å²) >= 11 is 0. The van der Waals surface area contributed by atoms with E-state index in [4.69, 9.17) is 0 Å². The van der Waals surface area contributed by atoms with Crippen molar-refractivity contribution >= 4 is 17.6 Å². The zero-order valence-electron chi connectivity index (χ0n) is 13.9. The van der Waals surface area contributed by atoms with Gasteiger partial charge in [0.05, 0.1) is 11.7 Å². The number of phenolic OH excluding ortho intramolecular Hbond substituents is 1. The lowest BCUT2D eigenvalue weighted by Crippen LogP contribution is -2.55. The molecule has 0 spiro atoms. The number of aromatic hydroxyl groups is 1. The van der Waals surface area contributed by atoms with Crippen LogP contribution in [0.4, 0.5) is 10.5 Å². The number of amides is 3. The maximum Gasteiger partial charge on any atom is 0.321 e. The number of carbonyl (C=O) groups is 2. The van der Waals surface area contributed by atoms with Crippen molar-refractivity contribution in [2.24, 2.45) is 0 Å². The van der Waals surface area contributed by atoms with Gasteiger partial charge in [-0.15, -0.1) is 0 Å². The molecule has 7 nitrogen and oxygen atoms in total. The second kappa shape index (κ2) is 7.09. The average Bonchev–Trinajstić information content (AvgIpc) is 3.38. The second-order valence-electron chi connectivity index (χ2n) is 6.42. The Hall–Kier alpha value is -2.28. The number of benzene rings is 1. The van der Waals surface area contributed by atoms with Gasteiger partial charge in [-0.05, 0) is 31.9 Å². The van der Waals surface area contributed by atoms with E-state index in [2.05, 4.69) is 20.4 Å². The van der Waals surface area contributed by atoms with Crippen LogP contribution in [-0.2, 0) is 4.79 Å². The molecule has 1 saturated heterocycles. The van der Waals surface area contributed by atoms with Gasteiger partial charge >= 0.3 is 6.03 Å². The van der Waals surface area contributed by atoms with Gasteiger partial charge in [0.1, 0.15) is 5.75 Å². The van der Waals surface area contributed by atoms with Crippen molar-refractivity contribution in [1.29, 1.82) is 0 Å². The SMILES string of the molecule is CC(C(=O)NC(=O)NC1CC1)N1CCN(c2ccccc2O)CC1. The van der Waals surface area contributed by atoms with E-state index in [1.807, 2.05) is 19.1 Å². The van der Waals surface area contributed by atoms with E-state index in [9.17, 15) is 14.7 Å². The first kappa shape index (κ1) is 16.6. The van der Waals surface area contributed by atoms with Crippen LogP contribution in [0.15, 0.2) is 24.3 Å². The van der Waals surface area contributed by atoms with E-state index < -0.39 is 6.03 Å². The van der Waals surface area contributed by atoms with Gasteiger partial charge in [-0.3, -0.25) is 15.0 Å². The molecule has 1 aromatic carbocycles. The van der Waals surface area contributed by atoms with Crippen LogP contribution in [0.1, 0.15) is 19.8 Å². The molecule has 1 saturated carbocycles. The van der Waals surface area contributed by atoms with Crippen molar-refractivity contribution in [3.8, 4) is 5.75 Å². The molecule has 3 N–H and O–H groups in total. The number of imide groups is 1. The number of piperazine rings is 1. The number of rotatable bonds is 4. The fourth-order valence-corrected chi connectivity index (χ4v) is 2.91. The fourth-order valence-electron chi connectivity index (χ4n) is 2.91. The van der Waals surface area contributed by atoms with Crippen molar-refractivity contribution in [2.45, 2.75) is 31.8 Å². The van der Waals surface area contributed by atoms with Gasteiger partial charge in [-0.2, -0.15) is 0 Å². The quantitative estimate of drug-likeness (QED) is 0.762. The van der Waals surface area contributed by atoms with E-state index in [0.717, 1.165) is 31.6 Å². The number of hydrogen-bond donors (Lipinski definition) is 3. The molecule has 130 valence electrons. The first-order chi connectivity index (χ1) is 11.5. The summed E-state index contributed by atoms with van der Waals surface area (Å²) in [6.07, 6.45) is 1.98. The minimum Gasteiger partial charge on any atom is -0.506 e. The summed E-state index contributed by atoms with van der Waals surface area (Å²) in [4.78, 5) is 28.0. The molecule has 0 radical (unpaired) electrons. The Morgan fingerprint density at radius 1 is 1.17 bits per heavy atom. The number of carbonyl (C=O) groups excluding carboxylic acids is 2. The molecule has 7 heteroatoms. The summed E-state index contributed by atoms with van der Waals surface area (Å²) in [5.41, 5.74) is 0.818. The number of para-hydroxylation sites is 2. The van der Waals surface area contributed by atoms with E-state index >= 15 is 0 Å². The Labute approximate surface area is 141 Å². The summed E-state index contributed by atoms with van der Waals surface area (Å²) < 4.78 is 0. The average molecular weight is 332 g/mol. The third-order valence-electron chi connectivity index (χ3n) is 4.61. The second-order valence-corrected chi connectivity index (χ2v) is 6.42. The Bertz CT molecular complexity index is 610. The number of nitrogens with one attached hydrogen (secondary N) is 2. The van der Waals surface area contributed by atoms with E-state index in [1.54, 1.807) is 12.1 Å². The molecule has 1 aliphatic heterocycles. The highest BCUT2D eigenvalue weighted by Gasteiger charge is 2.29. The summed E-state index contributed by atoms with van der Waals surface area (Å²) in [5.74, 6) is -0.00218. The van der Waals surface area contributed by atoms with Crippen molar-refractivity contribution in [1.82, 2.24) is 15.5 Å². The first-order valence-corrected chi connectivity index (χ1v) is 8.43. The third kappa shape index (κ3) is 3.97. The summed E-state index contributed by atoms with van der Waals surface area (Å²) in [7, 11) is 0. The molecule has 3 amide bonds. The highest BCUT2D eigenvalue weighted by Crippen LogP contribution is 2.27. The van der Waals surface area contributed by atoms with Gasteiger partial charge in [0, 0.05) is 32.2 Å². The molecule has 1 atom stereocenters. The molecule has 2 aliphatic rings. The zero-order valence-corrected chi connectivity index (χ0v) is 13.9. The van der Waals surface area contributed by atoms with Crippen LogP contribution in [0.3, 0.4) is 0 Å². The van der Waals surface area contributed by atoms with E-state index in [0.29, 0.717) is 13.1 Å². The molecule has 0 aromatic heterocycles. The predicted molar refractivity (Wildman–Crippen MR) is 91.1 cm³/mol. The topological polar surface area (TPSA) is 84.9 Å². The van der Waals surface area contributed by atoms with Crippen LogP contribution < -0.4 is 15.5 Å². The van der Waals surface area contributed by atoms with E-state index in [1.165, 1.54) is 0 Å². The molecule has 24 heavy (non-hydrogen) atoms. The third-order valence-corrected chi connectivity index (χ3v) is 4.61. The lowest BCUT2D eigenvalue weighted by Gasteiger charge is -2.38. The van der Waals surface area contributed by atoms with Crippen molar-refractivity contribution < 1.29 is 14.7 Å². The van der Waals surface area contributed by atoms with Crippen LogP contribution >= 0.6 is 0 Å². The predicted octanol–water partition coefficient (Wildman–Crippen LogP) is 0.891. The van der Waals surface area contributed by atoms with Crippen LogP contribution in [-0.4, -0.2) is 60.2 Å². The van der Waals surface area contributed by atoms with Gasteiger partial charge in [-0.25, -0.2) is 4.79 Å². The number of nitrogens with zero attached hydrogens (tertiary/aromatic N) is 2. The van der Waals surface area contributed by atoms with Crippen LogP contribution in [0, 0.1) is 0 Å². The maximum atomic E-state index is 12.2. The standard InChI is InChI=1S/C17H24N4O3/c1-12(16(23)19-17(24)18-13-6-7-13)20-8-10-21(11-9-20)14-4-2-3-5-15(14)22/h2-5,12-13,22H,6-11H2,1H3,(H2,18,19,23,24). The fraction of sp³-hybridized carbons (Fsp3) is 0.529. The molecular formula is C17H24N4O3. The maximum absolute atomic E-state index is 12.2. The van der Waals surface area contributed by atoms with Gasteiger partial charge in [0.15, 0.2) is 0 Å². The normalized spacial score (nSPS) is 19.6. The minimum atomic E-state index is -0.401. The Balaban J connectivity index is 1.49. The number of hydrogen-bond acceptors (Lipinski definition) is 5. The van der Waals surface area contributed by atoms with Gasteiger partial charge in [0.25, 0.3) is 0 Å². The van der Waals surface area contributed by atoms with E-state index in [-0.39, 0.29) is 23.7 Å². The lowest BCUT2D eigenvalue weighted by molar-refractivity contribution is -0.124. The lowest BCUT2D eigenvalue weighted by atomic mass is 10.2. The van der Waals surface area contributed by atoms with Gasteiger partial charge < -0.3 is 15.3 Å². The molecule has 1 unspecified atom stereocenters. The monoisotopic (exact) mass is 332 g/mol. The summed E-state index contributed by atoms with van der Waals surface area (Å²) in [5, 5.41) is 15.1. The van der Waals surface area contributed by atoms with Gasteiger partial charge in [-0.1, -0.05) is 12.1 Å². The Morgan fingerprint density at radius 2 is 1.83 bits per heavy atom. The molecule has 1 aliphatic carbocycles. The highest BCUT2D eigenvalue weighted by atomic mass is 16.3. The van der Waals surface area contributed by atoms with Crippen LogP contribution in [0.25, 0.3) is 0 Å². The minimum absolute atomic E-state index is 0.232. The van der Waals surface area contributed by atoms with Crippen LogP contribution in [0.2, 0.25) is 0 Å². The summed E-state index contributed by atoms with van der Waals surface area (Å²) in [6, 6.07) is 6.74. The number of anilines is 1. The molecule has 1 aromatic rings. The molecule has 0 bridgehead atoms. The van der Waals surface area contributed by atoms with Crippen molar-refractivity contribution in [3.05, 3.63) is 24.3 Å². The highest BCUT2D eigenvalue weighted by molar-refractivity contribution is 5.97. The molecule has 1 heterocycles. The largest absolute Gasteiger partial charge is 0.506 e. The molecule has 3 rings (SSSR count). The van der Waals surface area contributed by atoms with Gasteiger partial charge in [0.2, 0.25) is 5.91 Å². The Kier molecular flexibility index (Phi) is 4.89. The summed E-state index contributed by atoms with van der Waals surface area (Å²) in [6.45, 7) is 4.67. The number of phenols is 1. The molecular weight excluding hydrogens is 308 g/mol.